The van der Waals surface area contributed by atoms with Crippen LogP contribution in [0.15, 0.2) is 29.2 Å². The second-order valence-electron chi connectivity index (χ2n) is 7.26. The number of likely N-dealkylation sites (tertiary alicyclic amines) is 1. The second-order valence-corrected chi connectivity index (χ2v) is 8.94. The largest absolute Gasteiger partial charge is 0.438 e. The van der Waals surface area contributed by atoms with Gasteiger partial charge < -0.3 is 9.64 Å². The lowest BCUT2D eigenvalue weighted by Gasteiger charge is -2.14. The summed E-state index contributed by atoms with van der Waals surface area (Å²) < 4.78 is 34.8. The van der Waals surface area contributed by atoms with Gasteiger partial charge in [-0.15, -0.1) is 0 Å². The minimum absolute atomic E-state index is 0.114. The van der Waals surface area contributed by atoms with Crippen molar-refractivity contribution >= 4 is 21.6 Å². The van der Waals surface area contributed by atoms with Crippen molar-refractivity contribution in [3.05, 3.63) is 40.1 Å². The fraction of sp³-hybridized carbons (Fsp3) is 0.444. The van der Waals surface area contributed by atoms with Crippen LogP contribution < -0.4 is 9.46 Å². The molecule has 0 radical (unpaired) electrons. The van der Waals surface area contributed by atoms with Gasteiger partial charge in [-0.2, -0.15) is 5.10 Å². The number of ether oxygens (including phenoxy) is 1. The van der Waals surface area contributed by atoms with E-state index in [1.165, 1.54) is 16.8 Å². The third-order valence-corrected chi connectivity index (χ3v) is 6.16. The maximum absolute atomic E-state index is 12.7. The third kappa shape index (κ3) is 4.60. The molecule has 11 nitrogen and oxygen atoms in total. The van der Waals surface area contributed by atoms with Gasteiger partial charge in [0.25, 0.3) is 11.6 Å². The van der Waals surface area contributed by atoms with Crippen molar-refractivity contribution in [2.24, 2.45) is 7.05 Å². The van der Waals surface area contributed by atoms with Gasteiger partial charge in [0.05, 0.1) is 4.92 Å². The number of nitrogens with zero attached hydrogens (tertiary/aromatic N) is 4. The molecule has 1 fully saturated rings. The molecule has 0 bridgehead atoms. The molecule has 1 amide bonds. The van der Waals surface area contributed by atoms with E-state index in [1.807, 2.05) is 0 Å². The number of hydrogen-bond donors (Lipinski definition) is 1. The minimum Gasteiger partial charge on any atom is -0.438 e. The summed E-state index contributed by atoms with van der Waals surface area (Å²) in [4.78, 5) is 24.3. The van der Waals surface area contributed by atoms with Crippen LogP contribution in [-0.4, -0.2) is 53.1 Å². The van der Waals surface area contributed by atoms with Crippen LogP contribution in [0.5, 0.6) is 11.6 Å². The lowest BCUT2D eigenvalue weighted by molar-refractivity contribution is -0.385. The van der Waals surface area contributed by atoms with Gasteiger partial charge in [-0.25, -0.2) is 17.8 Å². The molecular weight excluding hydrogens is 414 g/mol. The van der Waals surface area contributed by atoms with E-state index in [1.54, 1.807) is 25.8 Å². The summed E-state index contributed by atoms with van der Waals surface area (Å²) in [7, 11) is -2.53. The van der Waals surface area contributed by atoms with E-state index in [0.717, 1.165) is 25.0 Å². The molecule has 1 aliphatic rings. The average molecular weight is 437 g/mol. The van der Waals surface area contributed by atoms with Crippen molar-refractivity contribution < 1.29 is 22.9 Å². The highest BCUT2D eigenvalue weighted by Gasteiger charge is 2.27. The molecule has 1 N–H and O–H groups in total. The molecule has 0 spiro atoms. The molecule has 0 atom stereocenters. The number of aryl methyl sites for hydroxylation is 1. The van der Waals surface area contributed by atoms with Crippen molar-refractivity contribution in [2.45, 2.75) is 37.6 Å². The Labute approximate surface area is 173 Å². The zero-order valence-corrected chi connectivity index (χ0v) is 17.7. The number of carbonyl (C=O) groups is 1. The summed E-state index contributed by atoms with van der Waals surface area (Å²) in [5.41, 5.74) is -0.206. The fourth-order valence-corrected chi connectivity index (χ4v) is 4.52. The number of aromatic nitrogens is 2. The lowest BCUT2D eigenvalue weighted by Crippen LogP contribution is -2.30. The topological polar surface area (TPSA) is 137 Å². The summed E-state index contributed by atoms with van der Waals surface area (Å²) in [5, 5.41) is 15.3. The first-order valence-electron chi connectivity index (χ1n) is 9.40. The van der Waals surface area contributed by atoms with Gasteiger partial charge in [0.2, 0.25) is 15.9 Å². The lowest BCUT2D eigenvalue weighted by atomic mass is 10.3. The monoisotopic (exact) mass is 437 g/mol. The Hall–Kier alpha value is -2.99. The summed E-state index contributed by atoms with van der Waals surface area (Å²) >= 11 is 0. The van der Waals surface area contributed by atoms with Gasteiger partial charge in [0, 0.05) is 44.4 Å². The highest BCUT2D eigenvalue weighted by Crippen LogP contribution is 2.32. The Morgan fingerprint density at radius 1 is 1.27 bits per heavy atom. The summed E-state index contributed by atoms with van der Waals surface area (Å²) in [5.74, 6) is -0.208. The molecule has 162 valence electrons. The molecule has 0 saturated carbocycles. The van der Waals surface area contributed by atoms with Crippen LogP contribution in [0.4, 0.5) is 5.69 Å². The first-order chi connectivity index (χ1) is 14.1. The maximum atomic E-state index is 12.7. The Morgan fingerprint density at radius 3 is 2.53 bits per heavy atom. The summed E-state index contributed by atoms with van der Waals surface area (Å²) in [6.45, 7) is 4.59. The Bertz CT molecular complexity index is 1070. The van der Waals surface area contributed by atoms with Crippen molar-refractivity contribution in [1.29, 1.82) is 0 Å². The molecule has 0 aliphatic carbocycles. The first kappa shape index (κ1) is 21.7. The van der Waals surface area contributed by atoms with Gasteiger partial charge in [0.15, 0.2) is 5.69 Å². The summed E-state index contributed by atoms with van der Waals surface area (Å²) in [6, 6.07) is 4.29. The number of non-ortho nitro benzene ring substituents is 1. The number of sulfonamides is 1. The van der Waals surface area contributed by atoms with E-state index >= 15 is 0 Å². The van der Waals surface area contributed by atoms with Gasteiger partial charge in [-0.1, -0.05) is 0 Å². The molecule has 30 heavy (non-hydrogen) atoms. The molecule has 0 unspecified atom stereocenters. The van der Waals surface area contributed by atoms with Crippen molar-refractivity contribution in [3.63, 3.8) is 0 Å². The van der Waals surface area contributed by atoms with E-state index in [2.05, 4.69) is 9.82 Å². The number of nitro benzene ring substituents is 1. The van der Waals surface area contributed by atoms with Gasteiger partial charge >= 0.3 is 0 Å². The fourth-order valence-electron chi connectivity index (χ4n) is 3.12. The number of benzene rings is 1. The SMILES string of the molecule is CC(C)NS(=O)(=O)c1cc([N+](=O)[O-])ccc1Oc1cc(C(=O)N2CCCC2)nn1C. The number of rotatable bonds is 7. The predicted octanol–water partition coefficient (Wildman–Crippen LogP) is 2.04. The molecule has 1 aliphatic heterocycles. The van der Waals surface area contributed by atoms with Crippen molar-refractivity contribution in [1.82, 2.24) is 19.4 Å². The highest BCUT2D eigenvalue weighted by atomic mass is 32.2. The number of hydrogen-bond acceptors (Lipinski definition) is 7. The predicted molar refractivity (Wildman–Crippen MR) is 107 cm³/mol. The third-order valence-electron chi connectivity index (χ3n) is 4.48. The average Bonchev–Trinajstić information content (AvgIpc) is 3.31. The van der Waals surface area contributed by atoms with E-state index in [-0.39, 0.29) is 33.8 Å². The van der Waals surface area contributed by atoms with E-state index in [0.29, 0.717) is 13.1 Å². The summed E-state index contributed by atoms with van der Waals surface area (Å²) in [6.07, 6.45) is 1.88. The Balaban J connectivity index is 1.96. The normalized spacial score (nSPS) is 14.3. The molecule has 12 heteroatoms. The van der Waals surface area contributed by atoms with Crippen LogP contribution in [0, 0.1) is 10.1 Å². The molecule has 2 aromatic rings. The number of amides is 1. The van der Waals surface area contributed by atoms with Crippen LogP contribution in [-0.2, 0) is 17.1 Å². The van der Waals surface area contributed by atoms with Gasteiger partial charge in [0.1, 0.15) is 10.6 Å². The first-order valence-corrected chi connectivity index (χ1v) is 10.9. The molecule has 3 rings (SSSR count). The highest BCUT2D eigenvalue weighted by molar-refractivity contribution is 7.89. The molecule has 1 saturated heterocycles. The molecular formula is C18H23N5O6S. The van der Waals surface area contributed by atoms with Crippen molar-refractivity contribution in [2.75, 3.05) is 13.1 Å². The van der Waals surface area contributed by atoms with Crippen LogP contribution in [0.25, 0.3) is 0 Å². The zero-order valence-electron chi connectivity index (χ0n) is 16.9. The number of nitro groups is 1. The Kier molecular flexibility index (Phi) is 6.08. The minimum atomic E-state index is -4.09. The van der Waals surface area contributed by atoms with E-state index in [4.69, 9.17) is 4.74 Å². The van der Waals surface area contributed by atoms with Gasteiger partial charge in [-0.3, -0.25) is 14.9 Å². The van der Waals surface area contributed by atoms with Crippen LogP contribution in [0.1, 0.15) is 37.2 Å². The maximum Gasteiger partial charge on any atom is 0.274 e. The van der Waals surface area contributed by atoms with E-state index < -0.39 is 21.0 Å². The van der Waals surface area contributed by atoms with Gasteiger partial charge in [-0.05, 0) is 32.8 Å². The number of carbonyl (C=O) groups excluding carboxylic acids is 1. The zero-order chi connectivity index (χ0) is 22.1. The smallest absolute Gasteiger partial charge is 0.274 e. The van der Waals surface area contributed by atoms with Crippen LogP contribution >= 0.6 is 0 Å². The molecule has 1 aromatic heterocycles. The Morgan fingerprint density at radius 2 is 1.93 bits per heavy atom. The molecule has 2 heterocycles. The standard InChI is InChI=1S/C18H23N5O6S/c1-12(2)20-30(27,28)16-10-13(23(25)26)6-7-15(16)29-17-11-14(19-21(17)3)18(24)22-8-4-5-9-22/h6-7,10-12,20H,4-5,8-9H2,1-3H3. The molecule has 1 aromatic carbocycles. The second kappa shape index (κ2) is 8.40. The number of nitrogens with one attached hydrogen (secondary N) is 1. The van der Waals surface area contributed by atoms with Crippen molar-refractivity contribution in [3.8, 4) is 11.6 Å². The van der Waals surface area contributed by atoms with Crippen LogP contribution in [0.2, 0.25) is 0 Å². The van der Waals surface area contributed by atoms with Crippen LogP contribution in [0.3, 0.4) is 0 Å². The van der Waals surface area contributed by atoms with E-state index in [9.17, 15) is 23.3 Å². The quantitative estimate of drug-likeness (QED) is 0.517.